The molecule has 0 amide bonds. The van der Waals surface area contributed by atoms with E-state index in [4.69, 9.17) is 4.74 Å². The lowest BCUT2D eigenvalue weighted by atomic mass is 10.1. The summed E-state index contributed by atoms with van der Waals surface area (Å²) in [5.74, 6) is -0.697. The Morgan fingerprint density at radius 1 is 1.32 bits per heavy atom. The predicted molar refractivity (Wildman–Crippen MR) is 104 cm³/mol. The minimum absolute atomic E-state index is 0.0783. The van der Waals surface area contributed by atoms with E-state index in [0.717, 1.165) is 25.9 Å². The molecule has 0 bridgehead atoms. The van der Waals surface area contributed by atoms with Crippen LogP contribution in [0.4, 0.5) is 11.4 Å². The van der Waals surface area contributed by atoms with Crippen LogP contribution in [0.25, 0.3) is 10.9 Å². The zero-order chi connectivity index (χ0) is 19.8. The van der Waals surface area contributed by atoms with Crippen molar-refractivity contribution >= 4 is 28.2 Å². The molecule has 148 valence electrons. The first-order valence-corrected chi connectivity index (χ1v) is 9.51. The number of carbonyl (C=O) groups is 1. The average Bonchev–Trinajstić information content (AvgIpc) is 3.53. The molecule has 9 nitrogen and oxygen atoms in total. The van der Waals surface area contributed by atoms with Crippen molar-refractivity contribution in [3.05, 3.63) is 44.2 Å². The molecule has 2 heterocycles. The number of nitrogens with one attached hydrogen (secondary N) is 1. The molecule has 2 fully saturated rings. The number of benzene rings is 1. The third kappa shape index (κ3) is 3.22. The highest BCUT2D eigenvalue weighted by molar-refractivity contribution is 5.96. The van der Waals surface area contributed by atoms with Crippen molar-refractivity contribution in [2.75, 3.05) is 37.7 Å². The third-order valence-electron chi connectivity index (χ3n) is 5.22. The number of hydrogen-bond donors (Lipinski definition) is 1. The summed E-state index contributed by atoms with van der Waals surface area (Å²) in [5, 5.41) is 15.2. The van der Waals surface area contributed by atoms with E-state index < -0.39 is 16.3 Å². The van der Waals surface area contributed by atoms with Crippen LogP contribution in [-0.4, -0.2) is 48.2 Å². The van der Waals surface area contributed by atoms with Gasteiger partial charge in [0.05, 0.1) is 22.4 Å². The fraction of sp³-hybridized carbons (Fsp3) is 0.474. The Bertz CT molecular complexity index is 1010. The molecule has 1 saturated carbocycles. The smallest absolute Gasteiger partial charge is 0.343 e. The maximum Gasteiger partial charge on any atom is 0.343 e. The summed E-state index contributed by atoms with van der Waals surface area (Å²) in [6.07, 6.45) is 3.44. The molecular weight excluding hydrogens is 364 g/mol. The van der Waals surface area contributed by atoms with Crippen molar-refractivity contribution in [3.63, 3.8) is 0 Å². The first kappa shape index (κ1) is 18.4. The Morgan fingerprint density at radius 3 is 2.64 bits per heavy atom. The standard InChI is InChI=1S/C19H22N4O5/c1-2-28-19(25)14-11-22(12-3-4-12)15-10-16(21-7-5-20-6-8-21)17(23(26)27)9-13(15)18(14)24/h9-12,20H,2-8H2,1H3. The first-order valence-electron chi connectivity index (χ1n) is 9.51. The molecule has 1 aromatic heterocycles. The van der Waals surface area contributed by atoms with Gasteiger partial charge in [0.1, 0.15) is 11.3 Å². The van der Waals surface area contributed by atoms with Crippen molar-refractivity contribution < 1.29 is 14.5 Å². The van der Waals surface area contributed by atoms with E-state index in [1.54, 1.807) is 19.2 Å². The van der Waals surface area contributed by atoms with Gasteiger partial charge in [0.2, 0.25) is 5.43 Å². The van der Waals surface area contributed by atoms with Gasteiger partial charge in [0.15, 0.2) is 0 Å². The molecule has 1 aliphatic heterocycles. The maximum absolute atomic E-state index is 12.9. The number of anilines is 1. The van der Waals surface area contributed by atoms with Crippen molar-refractivity contribution in [2.24, 2.45) is 0 Å². The van der Waals surface area contributed by atoms with Gasteiger partial charge in [0.25, 0.3) is 5.69 Å². The molecule has 1 saturated heterocycles. The van der Waals surface area contributed by atoms with Crippen molar-refractivity contribution in [3.8, 4) is 0 Å². The molecule has 9 heteroatoms. The van der Waals surface area contributed by atoms with E-state index in [-0.39, 0.29) is 29.3 Å². The minimum atomic E-state index is -0.697. The number of nitro groups is 1. The Morgan fingerprint density at radius 2 is 2.04 bits per heavy atom. The number of aromatic nitrogens is 1. The van der Waals surface area contributed by atoms with Crippen LogP contribution in [0.2, 0.25) is 0 Å². The summed E-state index contributed by atoms with van der Waals surface area (Å²) in [5.41, 5.74) is 0.414. The zero-order valence-electron chi connectivity index (χ0n) is 15.6. The normalized spacial score (nSPS) is 17.0. The molecule has 4 rings (SSSR count). The van der Waals surface area contributed by atoms with Crippen LogP contribution in [0.5, 0.6) is 0 Å². The van der Waals surface area contributed by atoms with E-state index in [2.05, 4.69) is 5.32 Å². The predicted octanol–water partition coefficient (Wildman–Crippen LogP) is 1.83. The summed E-state index contributed by atoms with van der Waals surface area (Å²) >= 11 is 0. The van der Waals surface area contributed by atoms with Gasteiger partial charge in [-0.2, -0.15) is 0 Å². The molecule has 2 aromatic rings. The van der Waals surface area contributed by atoms with Crippen LogP contribution in [0, 0.1) is 10.1 Å². The maximum atomic E-state index is 12.9. The number of ether oxygens (including phenoxy) is 1. The number of esters is 1. The number of rotatable bonds is 5. The summed E-state index contributed by atoms with van der Waals surface area (Å²) in [6, 6.07) is 3.23. The Balaban J connectivity index is 1.96. The van der Waals surface area contributed by atoms with Gasteiger partial charge >= 0.3 is 5.97 Å². The number of piperazine rings is 1. The summed E-state index contributed by atoms with van der Waals surface area (Å²) < 4.78 is 6.91. The molecule has 1 aliphatic carbocycles. The van der Waals surface area contributed by atoms with Gasteiger partial charge in [-0.3, -0.25) is 14.9 Å². The highest BCUT2D eigenvalue weighted by atomic mass is 16.6. The molecule has 0 radical (unpaired) electrons. The van der Waals surface area contributed by atoms with Crippen molar-refractivity contribution in [1.29, 1.82) is 0 Å². The molecule has 2 aliphatic rings. The summed E-state index contributed by atoms with van der Waals surface area (Å²) in [7, 11) is 0. The lowest BCUT2D eigenvalue weighted by Crippen LogP contribution is -2.43. The zero-order valence-corrected chi connectivity index (χ0v) is 15.6. The van der Waals surface area contributed by atoms with Crippen LogP contribution < -0.4 is 15.6 Å². The van der Waals surface area contributed by atoms with Crippen LogP contribution in [0.3, 0.4) is 0 Å². The SMILES string of the molecule is CCOC(=O)c1cn(C2CC2)c2cc(N3CCNCC3)c([N+](=O)[O-])cc2c1=O. The summed E-state index contributed by atoms with van der Waals surface area (Å²) in [6.45, 7) is 4.62. The summed E-state index contributed by atoms with van der Waals surface area (Å²) in [4.78, 5) is 38.4. The Labute approximate surface area is 161 Å². The highest BCUT2D eigenvalue weighted by Crippen LogP contribution is 2.39. The Kier molecular flexibility index (Phi) is 4.76. The lowest BCUT2D eigenvalue weighted by molar-refractivity contribution is -0.384. The number of nitrogens with zero attached hydrogens (tertiary/aromatic N) is 3. The highest BCUT2D eigenvalue weighted by Gasteiger charge is 2.30. The molecule has 28 heavy (non-hydrogen) atoms. The topological polar surface area (TPSA) is 107 Å². The van der Waals surface area contributed by atoms with E-state index in [9.17, 15) is 19.7 Å². The number of fused-ring (bicyclic) bond motifs is 1. The van der Waals surface area contributed by atoms with Crippen LogP contribution in [0.1, 0.15) is 36.2 Å². The van der Waals surface area contributed by atoms with Gasteiger partial charge in [-0.1, -0.05) is 0 Å². The molecule has 1 aromatic carbocycles. The second-order valence-electron chi connectivity index (χ2n) is 7.08. The minimum Gasteiger partial charge on any atom is -0.462 e. The van der Waals surface area contributed by atoms with Crippen LogP contribution in [-0.2, 0) is 4.74 Å². The monoisotopic (exact) mass is 386 g/mol. The van der Waals surface area contributed by atoms with Crippen molar-refractivity contribution in [1.82, 2.24) is 9.88 Å². The van der Waals surface area contributed by atoms with E-state index in [1.165, 1.54) is 6.07 Å². The number of nitro benzene ring substituents is 1. The average molecular weight is 386 g/mol. The van der Waals surface area contributed by atoms with Gasteiger partial charge in [-0.25, -0.2) is 4.79 Å². The second-order valence-corrected chi connectivity index (χ2v) is 7.08. The fourth-order valence-electron chi connectivity index (χ4n) is 3.69. The van der Waals surface area contributed by atoms with E-state index in [0.29, 0.717) is 24.3 Å². The third-order valence-corrected chi connectivity index (χ3v) is 5.22. The van der Waals surface area contributed by atoms with Gasteiger partial charge in [0, 0.05) is 44.5 Å². The van der Waals surface area contributed by atoms with Gasteiger partial charge < -0.3 is 19.5 Å². The van der Waals surface area contributed by atoms with Crippen molar-refractivity contribution in [2.45, 2.75) is 25.8 Å². The first-order chi connectivity index (χ1) is 13.5. The molecule has 0 unspecified atom stereocenters. The van der Waals surface area contributed by atoms with E-state index in [1.807, 2.05) is 9.47 Å². The number of carbonyl (C=O) groups excluding carboxylic acids is 1. The van der Waals surface area contributed by atoms with Gasteiger partial charge in [-0.15, -0.1) is 0 Å². The van der Waals surface area contributed by atoms with Gasteiger partial charge in [-0.05, 0) is 25.8 Å². The second kappa shape index (κ2) is 7.23. The van der Waals surface area contributed by atoms with Crippen LogP contribution >= 0.6 is 0 Å². The Hall–Kier alpha value is -2.94. The lowest BCUT2D eigenvalue weighted by Gasteiger charge is -2.29. The molecule has 1 N–H and O–H groups in total. The molecule has 0 spiro atoms. The largest absolute Gasteiger partial charge is 0.462 e. The number of hydrogen-bond acceptors (Lipinski definition) is 7. The quantitative estimate of drug-likeness (QED) is 0.475. The molecular formula is C19H22N4O5. The van der Waals surface area contributed by atoms with Crippen LogP contribution in [0.15, 0.2) is 23.1 Å². The number of pyridine rings is 1. The fourth-order valence-corrected chi connectivity index (χ4v) is 3.69. The molecule has 0 atom stereocenters. The van der Waals surface area contributed by atoms with E-state index >= 15 is 0 Å².